The third kappa shape index (κ3) is 5.61. The van der Waals surface area contributed by atoms with Gasteiger partial charge in [-0.25, -0.2) is 0 Å². The molecule has 0 spiro atoms. The van der Waals surface area contributed by atoms with Crippen LogP contribution in [-0.2, 0) is 18.4 Å². The van der Waals surface area contributed by atoms with Crippen LogP contribution in [-0.4, -0.2) is 6.54 Å². The zero-order valence-electron chi connectivity index (χ0n) is 15.2. The molecule has 0 atom stereocenters. The van der Waals surface area contributed by atoms with Gasteiger partial charge in [-0.1, -0.05) is 79.2 Å². The Balaban J connectivity index is 1.86. The van der Waals surface area contributed by atoms with E-state index < -0.39 is 0 Å². The van der Waals surface area contributed by atoms with Gasteiger partial charge in [0.25, 0.3) is 0 Å². The van der Waals surface area contributed by atoms with Crippen LogP contribution in [0.25, 0.3) is 5.57 Å². The maximum Gasteiger partial charge on any atom is 0.0206 e. The number of nitrogens with one attached hydrogen (secondary N) is 1. The van der Waals surface area contributed by atoms with Crippen LogP contribution >= 0.6 is 15.9 Å². The summed E-state index contributed by atoms with van der Waals surface area (Å²) in [4.78, 5) is 0. The summed E-state index contributed by atoms with van der Waals surface area (Å²) in [5.74, 6) is 0. The molecule has 1 nitrogen and oxygen atoms in total. The Kier molecular flexibility index (Phi) is 6.42. The van der Waals surface area contributed by atoms with Crippen molar-refractivity contribution in [2.24, 2.45) is 0 Å². The summed E-state index contributed by atoms with van der Waals surface area (Å²) >= 11 is 3.58. The zero-order valence-corrected chi connectivity index (χ0v) is 16.8. The van der Waals surface area contributed by atoms with Crippen molar-refractivity contribution in [3.63, 3.8) is 0 Å². The molecule has 24 heavy (non-hydrogen) atoms. The first kappa shape index (κ1) is 19.0. The van der Waals surface area contributed by atoms with E-state index in [1.165, 1.54) is 22.3 Å². The normalized spacial score (nSPS) is 11.5. The van der Waals surface area contributed by atoms with Crippen molar-refractivity contribution >= 4 is 21.5 Å². The highest BCUT2D eigenvalue weighted by atomic mass is 79.9. The average molecular weight is 386 g/mol. The number of hydrogen-bond donors (Lipinski definition) is 1. The monoisotopic (exact) mass is 385 g/mol. The average Bonchev–Trinajstić information content (AvgIpc) is 2.50. The molecule has 0 unspecified atom stereocenters. The molecular formula is C22H28BrN. The molecule has 0 fully saturated rings. The van der Waals surface area contributed by atoms with Crippen molar-refractivity contribution in [1.29, 1.82) is 0 Å². The fourth-order valence-corrected chi connectivity index (χ4v) is 3.18. The number of allylic oxidation sites excluding steroid dienone is 1. The van der Waals surface area contributed by atoms with Crippen molar-refractivity contribution in [3.8, 4) is 0 Å². The van der Waals surface area contributed by atoms with E-state index in [1.54, 1.807) is 0 Å². The molecule has 0 aliphatic carbocycles. The van der Waals surface area contributed by atoms with Gasteiger partial charge in [-0.3, -0.25) is 0 Å². The van der Waals surface area contributed by atoms with Crippen molar-refractivity contribution in [2.75, 3.05) is 6.54 Å². The molecule has 0 heterocycles. The van der Waals surface area contributed by atoms with Gasteiger partial charge in [0.1, 0.15) is 0 Å². The molecule has 1 N–H and O–H groups in total. The van der Waals surface area contributed by atoms with Crippen LogP contribution in [0.15, 0.2) is 53.5 Å². The zero-order chi connectivity index (χ0) is 17.7. The molecule has 128 valence electrons. The van der Waals surface area contributed by atoms with E-state index >= 15 is 0 Å². The maximum atomic E-state index is 4.03. The maximum absolute atomic E-state index is 4.03. The molecule has 2 aromatic rings. The lowest BCUT2D eigenvalue weighted by Gasteiger charge is -2.19. The van der Waals surface area contributed by atoms with Crippen LogP contribution in [0.1, 0.15) is 49.9 Å². The standard InChI is InChI=1S/C22H28BrN/c1-16(2)19-12-18(13-21(23)14-19)15-24-11-10-17-6-8-20(9-7-17)22(3,4)5/h6-9,12-14,24H,1,10-11,15H2,2-5H3. The van der Waals surface area contributed by atoms with Gasteiger partial charge >= 0.3 is 0 Å². The summed E-state index contributed by atoms with van der Waals surface area (Å²) in [6.45, 7) is 14.7. The molecule has 0 aromatic heterocycles. The van der Waals surface area contributed by atoms with E-state index in [2.05, 4.69) is 91.1 Å². The Morgan fingerprint density at radius 1 is 1.04 bits per heavy atom. The molecule has 0 bridgehead atoms. The minimum Gasteiger partial charge on any atom is -0.312 e. The predicted molar refractivity (Wildman–Crippen MR) is 109 cm³/mol. The second-order valence-corrected chi connectivity index (χ2v) is 8.42. The quantitative estimate of drug-likeness (QED) is 0.591. The van der Waals surface area contributed by atoms with Gasteiger partial charge in [0, 0.05) is 11.0 Å². The molecule has 0 aliphatic rings. The predicted octanol–water partition coefficient (Wildman–Crippen LogP) is 6.11. The Morgan fingerprint density at radius 2 is 1.71 bits per heavy atom. The first-order chi connectivity index (χ1) is 11.3. The van der Waals surface area contributed by atoms with Gasteiger partial charge in [-0.15, -0.1) is 0 Å². The molecule has 0 saturated carbocycles. The molecule has 0 amide bonds. The van der Waals surface area contributed by atoms with E-state index in [9.17, 15) is 0 Å². The highest BCUT2D eigenvalue weighted by molar-refractivity contribution is 9.10. The van der Waals surface area contributed by atoms with Crippen LogP contribution in [0.4, 0.5) is 0 Å². The summed E-state index contributed by atoms with van der Waals surface area (Å²) < 4.78 is 1.11. The third-order valence-corrected chi connectivity index (χ3v) is 4.65. The molecular weight excluding hydrogens is 358 g/mol. The van der Waals surface area contributed by atoms with Gasteiger partial charge < -0.3 is 5.32 Å². The third-order valence-electron chi connectivity index (χ3n) is 4.19. The SMILES string of the molecule is C=C(C)c1cc(Br)cc(CNCCc2ccc(C(C)(C)C)cc2)c1. The van der Waals surface area contributed by atoms with E-state index in [1.807, 2.05) is 6.92 Å². The van der Waals surface area contributed by atoms with E-state index in [0.717, 1.165) is 29.6 Å². The first-order valence-corrected chi connectivity index (χ1v) is 9.30. The summed E-state index contributed by atoms with van der Waals surface area (Å²) in [6.07, 6.45) is 1.05. The second-order valence-electron chi connectivity index (χ2n) is 7.50. The number of rotatable bonds is 6. The lowest BCUT2D eigenvalue weighted by Crippen LogP contribution is -2.17. The highest BCUT2D eigenvalue weighted by Crippen LogP contribution is 2.22. The van der Waals surface area contributed by atoms with Crippen LogP contribution in [0, 0.1) is 0 Å². The van der Waals surface area contributed by atoms with Crippen molar-refractivity contribution in [2.45, 2.75) is 46.1 Å². The minimum absolute atomic E-state index is 0.221. The fraction of sp³-hybridized carbons (Fsp3) is 0.364. The van der Waals surface area contributed by atoms with Gasteiger partial charge in [-0.05, 0) is 59.7 Å². The second kappa shape index (κ2) is 8.13. The van der Waals surface area contributed by atoms with Gasteiger partial charge in [0.15, 0.2) is 0 Å². The highest BCUT2D eigenvalue weighted by Gasteiger charge is 2.12. The van der Waals surface area contributed by atoms with Gasteiger partial charge in [0.05, 0.1) is 0 Å². The van der Waals surface area contributed by atoms with E-state index in [-0.39, 0.29) is 5.41 Å². The number of hydrogen-bond acceptors (Lipinski definition) is 1. The van der Waals surface area contributed by atoms with Crippen molar-refractivity contribution in [3.05, 3.63) is 75.8 Å². The van der Waals surface area contributed by atoms with Crippen LogP contribution < -0.4 is 5.32 Å². The molecule has 0 aliphatic heterocycles. The van der Waals surface area contributed by atoms with Crippen LogP contribution in [0.2, 0.25) is 0 Å². The summed E-state index contributed by atoms with van der Waals surface area (Å²) in [6, 6.07) is 15.5. The smallest absolute Gasteiger partial charge is 0.0206 e. The Labute approximate surface area is 155 Å². The van der Waals surface area contributed by atoms with Crippen LogP contribution in [0.3, 0.4) is 0 Å². The molecule has 2 heteroatoms. The van der Waals surface area contributed by atoms with E-state index in [0.29, 0.717) is 0 Å². The van der Waals surface area contributed by atoms with E-state index in [4.69, 9.17) is 0 Å². The summed E-state index contributed by atoms with van der Waals surface area (Å²) in [7, 11) is 0. The van der Waals surface area contributed by atoms with Crippen LogP contribution in [0.5, 0.6) is 0 Å². The molecule has 0 radical (unpaired) electrons. The first-order valence-electron chi connectivity index (χ1n) is 8.51. The Hall–Kier alpha value is -1.38. The topological polar surface area (TPSA) is 12.0 Å². The van der Waals surface area contributed by atoms with Gasteiger partial charge in [-0.2, -0.15) is 0 Å². The van der Waals surface area contributed by atoms with Crippen molar-refractivity contribution < 1.29 is 0 Å². The summed E-state index contributed by atoms with van der Waals surface area (Å²) in [5.41, 5.74) is 6.56. The minimum atomic E-state index is 0.221. The van der Waals surface area contributed by atoms with Gasteiger partial charge in [0.2, 0.25) is 0 Å². The fourth-order valence-electron chi connectivity index (χ4n) is 2.64. The Bertz CT molecular complexity index is 693. The lowest BCUT2D eigenvalue weighted by molar-refractivity contribution is 0.589. The largest absolute Gasteiger partial charge is 0.312 e. The molecule has 2 aromatic carbocycles. The number of halogens is 1. The van der Waals surface area contributed by atoms with Crippen molar-refractivity contribution in [1.82, 2.24) is 5.32 Å². The molecule has 0 saturated heterocycles. The number of benzene rings is 2. The lowest BCUT2D eigenvalue weighted by atomic mass is 9.86. The summed E-state index contributed by atoms with van der Waals surface area (Å²) in [5, 5.41) is 3.54. The molecule has 2 rings (SSSR count). The Morgan fingerprint density at radius 3 is 2.29 bits per heavy atom.